The molecule has 1 aliphatic rings. The van der Waals surface area contributed by atoms with Crippen LogP contribution >= 0.6 is 11.6 Å². The Kier molecular flexibility index (Phi) is 4.99. The van der Waals surface area contributed by atoms with E-state index in [4.69, 9.17) is 16.3 Å². The lowest BCUT2D eigenvalue weighted by Crippen LogP contribution is -2.50. The fourth-order valence-electron chi connectivity index (χ4n) is 2.31. The first-order valence-electron chi connectivity index (χ1n) is 7.34. The lowest BCUT2D eigenvalue weighted by atomic mass is 10.2. The molecule has 0 radical (unpaired) electrons. The van der Waals surface area contributed by atoms with Crippen molar-refractivity contribution < 1.29 is 14.5 Å². The first-order valence-corrected chi connectivity index (χ1v) is 7.72. The first kappa shape index (κ1) is 17.3. The number of ether oxygens (including phenoxy) is 1. The Morgan fingerprint density at radius 3 is 2.35 bits per heavy atom. The molecule has 2 rings (SSSR count). The predicted octanol–water partition coefficient (Wildman–Crippen LogP) is 3.31. The van der Waals surface area contributed by atoms with Crippen molar-refractivity contribution in [1.82, 2.24) is 4.90 Å². The van der Waals surface area contributed by atoms with Crippen molar-refractivity contribution in [3.8, 4) is 0 Å². The zero-order chi connectivity index (χ0) is 17.2. The van der Waals surface area contributed by atoms with Crippen molar-refractivity contribution >= 4 is 29.1 Å². The lowest BCUT2D eigenvalue weighted by molar-refractivity contribution is -0.384. The first-order chi connectivity index (χ1) is 10.7. The molecule has 126 valence electrons. The molecule has 0 unspecified atom stereocenters. The molecule has 1 amide bonds. The number of amides is 1. The van der Waals surface area contributed by atoms with Crippen molar-refractivity contribution in [3.63, 3.8) is 0 Å². The molecule has 0 bridgehead atoms. The Balaban J connectivity index is 1.98. The van der Waals surface area contributed by atoms with Crippen molar-refractivity contribution in [2.45, 2.75) is 26.4 Å². The third-order valence-electron chi connectivity index (χ3n) is 3.42. The number of nitro benzene ring substituents is 1. The van der Waals surface area contributed by atoms with Gasteiger partial charge in [-0.2, -0.15) is 0 Å². The number of benzene rings is 1. The van der Waals surface area contributed by atoms with E-state index in [1.54, 1.807) is 17.0 Å². The van der Waals surface area contributed by atoms with Crippen molar-refractivity contribution in [1.29, 1.82) is 0 Å². The Hall–Kier alpha value is -2.02. The minimum atomic E-state index is -0.514. The molecule has 1 saturated heterocycles. The van der Waals surface area contributed by atoms with Crippen LogP contribution in [0.5, 0.6) is 0 Å². The van der Waals surface area contributed by atoms with Crippen LogP contribution in [0.1, 0.15) is 20.8 Å². The summed E-state index contributed by atoms with van der Waals surface area (Å²) in [6.45, 7) is 7.80. The smallest absolute Gasteiger partial charge is 0.410 e. The molecule has 8 heteroatoms. The zero-order valence-electron chi connectivity index (χ0n) is 13.4. The number of halogens is 1. The molecule has 7 nitrogen and oxygen atoms in total. The van der Waals surface area contributed by atoms with Gasteiger partial charge >= 0.3 is 6.09 Å². The van der Waals surface area contributed by atoms with Gasteiger partial charge in [0, 0.05) is 37.9 Å². The highest BCUT2D eigenvalue weighted by molar-refractivity contribution is 6.32. The number of hydrogen-bond acceptors (Lipinski definition) is 5. The van der Waals surface area contributed by atoms with E-state index in [0.717, 1.165) is 5.69 Å². The van der Waals surface area contributed by atoms with E-state index in [1.165, 1.54) is 6.07 Å². The highest BCUT2D eigenvalue weighted by Gasteiger charge is 2.26. The number of carbonyl (C=O) groups is 1. The van der Waals surface area contributed by atoms with E-state index >= 15 is 0 Å². The molecule has 1 fully saturated rings. The fraction of sp³-hybridized carbons (Fsp3) is 0.533. The highest BCUT2D eigenvalue weighted by Crippen LogP contribution is 2.29. The number of anilines is 1. The number of piperazine rings is 1. The second-order valence-electron chi connectivity index (χ2n) is 6.35. The minimum absolute atomic E-state index is 0.109. The van der Waals surface area contributed by atoms with E-state index in [9.17, 15) is 14.9 Å². The van der Waals surface area contributed by atoms with Crippen LogP contribution in [0.15, 0.2) is 18.2 Å². The maximum Gasteiger partial charge on any atom is 0.410 e. The van der Waals surface area contributed by atoms with Crippen molar-refractivity contribution in [2.75, 3.05) is 31.1 Å². The third kappa shape index (κ3) is 4.48. The topological polar surface area (TPSA) is 75.9 Å². The standard InChI is InChI=1S/C15H20ClN3O4/c1-15(2,3)23-14(20)18-8-6-17(7-9-18)11-4-5-13(19(21)22)12(16)10-11/h4-5,10H,6-9H2,1-3H3. The average molecular weight is 342 g/mol. The quantitative estimate of drug-likeness (QED) is 0.609. The van der Waals surface area contributed by atoms with Gasteiger partial charge in [0.1, 0.15) is 10.6 Å². The average Bonchev–Trinajstić information content (AvgIpc) is 2.45. The van der Waals surface area contributed by atoms with Crippen LogP contribution in [-0.2, 0) is 4.74 Å². The Morgan fingerprint density at radius 1 is 1.26 bits per heavy atom. The highest BCUT2D eigenvalue weighted by atomic mass is 35.5. The number of rotatable bonds is 2. The van der Waals surface area contributed by atoms with Crippen LogP contribution < -0.4 is 4.90 Å². The molecule has 0 aliphatic carbocycles. The minimum Gasteiger partial charge on any atom is -0.444 e. The molecule has 1 aromatic carbocycles. The SMILES string of the molecule is CC(C)(C)OC(=O)N1CCN(c2ccc([N+](=O)[O-])c(Cl)c2)CC1. The molecule has 0 spiro atoms. The fourth-order valence-corrected chi connectivity index (χ4v) is 2.56. The zero-order valence-corrected chi connectivity index (χ0v) is 14.2. The van der Waals surface area contributed by atoms with Gasteiger partial charge in [0.25, 0.3) is 5.69 Å². The summed E-state index contributed by atoms with van der Waals surface area (Å²) in [7, 11) is 0. The lowest BCUT2D eigenvalue weighted by Gasteiger charge is -2.36. The molecule has 1 heterocycles. The summed E-state index contributed by atoms with van der Waals surface area (Å²) in [6.07, 6.45) is -0.320. The Morgan fingerprint density at radius 2 is 1.87 bits per heavy atom. The predicted molar refractivity (Wildman–Crippen MR) is 88.1 cm³/mol. The van der Waals surface area contributed by atoms with Gasteiger partial charge in [-0.3, -0.25) is 10.1 Å². The van der Waals surface area contributed by atoms with Gasteiger partial charge in [0.15, 0.2) is 0 Å². The Bertz CT molecular complexity index is 607. The van der Waals surface area contributed by atoms with E-state index in [2.05, 4.69) is 0 Å². The summed E-state index contributed by atoms with van der Waals surface area (Å²) in [4.78, 5) is 26.0. The molecule has 0 aromatic heterocycles. The second kappa shape index (κ2) is 6.62. The summed E-state index contributed by atoms with van der Waals surface area (Å²) in [5.74, 6) is 0. The van der Waals surface area contributed by atoms with Crippen LogP contribution in [0.25, 0.3) is 0 Å². The van der Waals surface area contributed by atoms with E-state index in [-0.39, 0.29) is 16.8 Å². The van der Waals surface area contributed by atoms with Crippen LogP contribution in [0.4, 0.5) is 16.2 Å². The number of nitrogens with zero attached hydrogens (tertiary/aromatic N) is 3. The van der Waals surface area contributed by atoms with Gasteiger partial charge in [-0.1, -0.05) is 11.6 Å². The number of nitro groups is 1. The summed E-state index contributed by atoms with van der Waals surface area (Å²) >= 11 is 5.94. The maximum absolute atomic E-state index is 12.0. The van der Waals surface area contributed by atoms with Crippen LogP contribution in [-0.4, -0.2) is 47.7 Å². The summed E-state index contributed by atoms with van der Waals surface area (Å²) in [5, 5.41) is 10.9. The van der Waals surface area contributed by atoms with Gasteiger partial charge in [0.05, 0.1) is 4.92 Å². The van der Waals surface area contributed by atoms with Gasteiger partial charge in [-0.05, 0) is 32.9 Å². The van der Waals surface area contributed by atoms with E-state index < -0.39 is 10.5 Å². The van der Waals surface area contributed by atoms with Crippen molar-refractivity contribution in [2.24, 2.45) is 0 Å². The largest absolute Gasteiger partial charge is 0.444 e. The molecule has 0 atom stereocenters. The molecule has 23 heavy (non-hydrogen) atoms. The summed E-state index contributed by atoms with van der Waals surface area (Å²) in [6, 6.07) is 4.66. The van der Waals surface area contributed by atoms with Gasteiger partial charge < -0.3 is 14.5 Å². The van der Waals surface area contributed by atoms with Gasteiger partial charge in [0.2, 0.25) is 0 Å². The van der Waals surface area contributed by atoms with Gasteiger partial charge in [-0.15, -0.1) is 0 Å². The summed E-state index contributed by atoms with van der Waals surface area (Å²) in [5.41, 5.74) is 0.187. The molecule has 1 aromatic rings. The summed E-state index contributed by atoms with van der Waals surface area (Å²) < 4.78 is 5.35. The molecular weight excluding hydrogens is 322 g/mol. The normalized spacial score (nSPS) is 15.5. The second-order valence-corrected chi connectivity index (χ2v) is 6.75. The van der Waals surface area contributed by atoms with E-state index in [1.807, 2.05) is 25.7 Å². The maximum atomic E-state index is 12.0. The van der Waals surface area contributed by atoms with Crippen LogP contribution in [0, 0.1) is 10.1 Å². The van der Waals surface area contributed by atoms with Gasteiger partial charge in [-0.25, -0.2) is 4.79 Å². The number of carbonyl (C=O) groups excluding carboxylic acids is 1. The molecule has 0 N–H and O–H groups in total. The third-order valence-corrected chi connectivity index (χ3v) is 3.73. The van der Waals surface area contributed by atoms with Crippen LogP contribution in [0.2, 0.25) is 5.02 Å². The number of hydrogen-bond donors (Lipinski definition) is 0. The molecule has 0 saturated carbocycles. The Labute approximate surface area is 139 Å². The van der Waals surface area contributed by atoms with Crippen LogP contribution in [0.3, 0.4) is 0 Å². The van der Waals surface area contributed by atoms with Crippen molar-refractivity contribution in [3.05, 3.63) is 33.3 Å². The molecular formula is C15H20ClN3O4. The molecule has 1 aliphatic heterocycles. The monoisotopic (exact) mass is 341 g/mol. The van der Waals surface area contributed by atoms with E-state index in [0.29, 0.717) is 26.2 Å².